The molecule has 0 spiro atoms. The van der Waals surface area contributed by atoms with E-state index in [4.69, 9.17) is 16.3 Å². The second kappa shape index (κ2) is 13.0. The summed E-state index contributed by atoms with van der Waals surface area (Å²) < 4.78 is 5.96. The van der Waals surface area contributed by atoms with Gasteiger partial charge in [-0.05, 0) is 68.0 Å². The van der Waals surface area contributed by atoms with Crippen molar-refractivity contribution in [3.05, 3.63) is 99.6 Å². The van der Waals surface area contributed by atoms with Crippen LogP contribution in [0.5, 0.6) is 5.75 Å². The minimum Gasteiger partial charge on any atom is -0.484 e. The summed E-state index contributed by atoms with van der Waals surface area (Å²) in [5.41, 5.74) is 4.87. The van der Waals surface area contributed by atoms with Crippen LogP contribution in [-0.2, 0) is 22.6 Å². The molecule has 3 aromatic carbocycles. The highest BCUT2D eigenvalue weighted by Crippen LogP contribution is 2.26. The Balaban J connectivity index is 1.62. The average Bonchev–Trinajstić information content (AvgIpc) is 3.41. The summed E-state index contributed by atoms with van der Waals surface area (Å²) >= 11 is 6.31. The molecule has 1 saturated carbocycles. The molecule has 0 unspecified atom stereocenters. The predicted octanol–water partition coefficient (Wildman–Crippen LogP) is 6.34. The molecule has 4 rings (SSSR count). The monoisotopic (exact) mass is 532 g/mol. The Hall–Kier alpha value is -3.31. The Morgan fingerprint density at radius 2 is 1.61 bits per heavy atom. The van der Waals surface area contributed by atoms with Crippen LogP contribution in [0.1, 0.15) is 53.5 Å². The molecule has 0 aliphatic heterocycles. The quantitative estimate of drug-likeness (QED) is 0.331. The number of hydrogen-bond acceptors (Lipinski definition) is 3. The molecule has 5 nitrogen and oxygen atoms in total. The maximum absolute atomic E-state index is 13.8. The van der Waals surface area contributed by atoms with Gasteiger partial charge in [-0.15, -0.1) is 0 Å². The predicted molar refractivity (Wildman–Crippen MR) is 152 cm³/mol. The van der Waals surface area contributed by atoms with Crippen molar-refractivity contribution in [2.24, 2.45) is 0 Å². The van der Waals surface area contributed by atoms with E-state index in [0.29, 0.717) is 23.7 Å². The number of carbonyl (C=O) groups is 2. The van der Waals surface area contributed by atoms with Crippen molar-refractivity contribution < 1.29 is 14.3 Å². The van der Waals surface area contributed by atoms with Gasteiger partial charge >= 0.3 is 0 Å². The maximum Gasteiger partial charge on any atom is 0.261 e. The van der Waals surface area contributed by atoms with Crippen LogP contribution < -0.4 is 10.1 Å². The number of ether oxygens (including phenoxy) is 1. The molecule has 200 valence electrons. The number of amides is 2. The molecule has 0 radical (unpaired) electrons. The van der Waals surface area contributed by atoms with Crippen LogP contribution in [0.25, 0.3) is 0 Å². The van der Waals surface area contributed by atoms with E-state index in [1.807, 2.05) is 81.4 Å². The van der Waals surface area contributed by atoms with Crippen LogP contribution in [0, 0.1) is 20.8 Å². The molecule has 1 aliphatic carbocycles. The summed E-state index contributed by atoms with van der Waals surface area (Å²) in [5, 5.41) is 3.93. The highest BCUT2D eigenvalue weighted by atomic mass is 35.5. The first kappa shape index (κ1) is 27.7. The lowest BCUT2D eigenvalue weighted by Crippen LogP contribution is -2.53. The number of rotatable bonds is 10. The molecule has 1 atom stereocenters. The minimum absolute atomic E-state index is 0.111. The van der Waals surface area contributed by atoms with Gasteiger partial charge in [0.05, 0.1) is 0 Å². The molecule has 2 amide bonds. The molecule has 0 aromatic heterocycles. The first-order valence-electron chi connectivity index (χ1n) is 13.4. The molecule has 1 fully saturated rings. The van der Waals surface area contributed by atoms with Crippen molar-refractivity contribution in [1.29, 1.82) is 0 Å². The molecule has 0 heterocycles. The molecule has 1 aliphatic rings. The van der Waals surface area contributed by atoms with Crippen molar-refractivity contribution >= 4 is 23.4 Å². The largest absolute Gasteiger partial charge is 0.484 e. The third-order valence-electron chi connectivity index (χ3n) is 7.18. The molecular formula is C32H37ClN2O3. The van der Waals surface area contributed by atoms with E-state index < -0.39 is 6.04 Å². The summed E-state index contributed by atoms with van der Waals surface area (Å²) in [5.74, 6) is 0.238. The lowest BCUT2D eigenvalue weighted by molar-refractivity contribution is -0.143. The van der Waals surface area contributed by atoms with Gasteiger partial charge in [-0.3, -0.25) is 9.59 Å². The fraction of sp³-hybridized carbons (Fsp3) is 0.375. The van der Waals surface area contributed by atoms with Gasteiger partial charge < -0.3 is 15.0 Å². The van der Waals surface area contributed by atoms with Crippen LogP contribution in [-0.4, -0.2) is 35.4 Å². The summed E-state index contributed by atoms with van der Waals surface area (Å²) in [6.07, 6.45) is 4.63. The van der Waals surface area contributed by atoms with Crippen molar-refractivity contribution in [2.45, 2.75) is 71.5 Å². The van der Waals surface area contributed by atoms with Gasteiger partial charge in [0, 0.05) is 24.0 Å². The summed E-state index contributed by atoms with van der Waals surface area (Å²) in [4.78, 5) is 29.2. The first-order valence-corrected chi connectivity index (χ1v) is 13.8. The van der Waals surface area contributed by atoms with E-state index in [9.17, 15) is 9.59 Å². The minimum atomic E-state index is -0.664. The third kappa shape index (κ3) is 7.38. The first-order chi connectivity index (χ1) is 18.3. The fourth-order valence-corrected chi connectivity index (χ4v) is 5.26. The van der Waals surface area contributed by atoms with Crippen LogP contribution in [0.3, 0.4) is 0 Å². The van der Waals surface area contributed by atoms with E-state index in [-0.39, 0.29) is 24.5 Å². The SMILES string of the molecule is Cc1cccc(CN(C(=O)COc2cc(C)c(Cl)c(C)c2)[C@H](Cc2ccccc2)C(=O)NC2CCCC2)c1. The molecule has 1 N–H and O–H groups in total. The third-order valence-corrected chi connectivity index (χ3v) is 7.78. The van der Waals surface area contributed by atoms with Gasteiger partial charge in [-0.2, -0.15) is 0 Å². The number of halogens is 1. The van der Waals surface area contributed by atoms with E-state index in [1.165, 1.54) is 0 Å². The molecule has 0 saturated heterocycles. The number of nitrogens with one attached hydrogen (secondary N) is 1. The van der Waals surface area contributed by atoms with Gasteiger partial charge in [0.2, 0.25) is 5.91 Å². The summed E-state index contributed by atoms with van der Waals surface area (Å²) in [6.45, 7) is 6.00. The molecule has 6 heteroatoms. The molecule has 3 aromatic rings. The lowest BCUT2D eigenvalue weighted by Gasteiger charge is -2.32. The summed E-state index contributed by atoms with van der Waals surface area (Å²) in [7, 11) is 0. The van der Waals surface area contributed by atoms with Crippen LogP contribution >= 0.6 is 11.6 Å². The number of benzene rings is 3. The van der Waals surface area contributed by atoms with Crippen molar-refractivity contribution in [3.63, 3.8) is 0 Å². The maximum atomic E-state index is 13.8. The zero-order chi connectivity index (χ0) is 27.1. The Morgan fingerprint density at radius 3 is 2.26 bits per heavy atom. The van der Waals surface area contributed by atoms with Gasteiger partial charge in [-0.25, -0.2) is 0 Å². The fourth-order valence-electron chi connectivity index (χ4n) is 5.15. The smallest absolute Gasteiger partial charge is 0.261 e. The molecular weight excluding hydrogens is 496 g/mol. The topological polar surface area (TPSA) is 58.6 Å². The number of hydrogen-bond donors (Lipinski definition) is 1. The zero-order valence-electron chi connectivity index (χ0n) is 22.5. The Bertz CT molecular complexity index is 1230. The number of aryl methyl sites for hydroxylation is 3. The van der Waals surface area contributed by atoms with E-state index in [2.05, 4.69) is 11.4 Å². The van der Waals surface area contributed by atoms with Crippen LogP contribution in [0.15, 0.2) is 66.7 Å². The van der Waals surface area contributed by atoms with Crippen LogP contribution in [0.4, 0.5) is 0 Å². The van der Waals surface area contributed by atoms with Gasteiger partial charge in [-0.1, -0.05) is 84.6 Å². The van der Waals surface area contributed by atoms with E-state index in [0.717, 1.165) is 53.5 Å². The Labute approximate surface area is 231 Å². The standard InChI is InChI=1S/C32H37ClN2O3/c1-22-10-9-13-26(16-22)20-35(30(36)21-38-28-17-23(2)31(33)24(3)18-28)29(19-25-11-5-4-6-12-25)32(37)34-27-14-7-8-15-27/h4-6,9-13,16-18,27,29H,7-8,14-15,19-21H2,1-3H3,(H,34,37)/t29-/m1/s1. The van der Waals surface area contributed by atoms with Crippen molar-refractivity contribution in [3.8, 4) is 5.75 Å². The Kier molecular flexibility index (Phi) is 9.46. The normalized spacial score (nSPS) is 14.2. The molecule has 38 heavy (non-hydrogen) atoms. The molecule has 0 bridgehead atoms. The van der Waals surface area contributed by atoms with Gasteiger partial charge in [0.25, 0.3) is 5.91 Å². The van der Waals surface area contributed by atoms with E-state index >= 15 is 0 Å². The summed E-state index contributed by atoms with van der Waals surface area (Å²) in [6, 6.07) is 21.1. The number of nitrogens with zero attached hydrogens (tertiary/aromatic N) is 1. The van der Waals surface area contributed by atoms with Crippen molar-refractivity contribution in [1.82, 2.24) is 10.2 Å². The van der Waals surface area contributed by atoms with E-state index in [1.54, 1.807) is 4.90 Å². The zero-order valence-corrected chi connectivity index (χ0v) is 23.3. The van der Waals surface area contributed by atoms with Gasteiger partial charge in [0.15, 0.2) is 6.61 Å². The Morgan fingerprint density at radius 1 is 0.947 bits per heavy atom. The second-order valence-corrected chi connectivity index (χ2v) is 10.7. The second-order valence-electron chi connectivity index (χ2n) is 10.4. The highest BCUT2D eigenvalue weighted by Gasteiger charge is 2.32. The van der Waals surface area contributed by atoms with Crippen molar-refractivity contribution in [2.75, 3.05) is 6.61 Å². The average molecular weight is 533 g/mol. The number of carbonyl (C=O) groups excluding carboxylic acids is 2. The lowest BCUT2D eigenvalue weighted by atomic mass is 10.0. The highest BCUT2D eigenvalue weighted by molar-refractivity contribution is 6.32. The van der Waals surface area contributed by atoms with Crippen LogP contribution in [0.2, 0.25) is 5.02 Å². The van der Waals surface area contributed by atoms with Gasteiger partial charge in [0.1, 0.15) is 11.8 Å².